The van der Waals surface area contributed by atoms with Gasteiger partial charge in [0, 0.05) is 5.56 Å². The van der Waals surface area contributed by atoms with Gasteiger partial charge in [0.05, 0.1) is 11.0 Å². The lowest BCUT2D eigenvalue weighted by atomic mass is 10.1. The van der Waals surface area contributed by atoms with E-state index in [-0.39, 0.29) is 10.6 Å². The van der Waals surface area contributed by atoms with Crippen molar-refractivity contribution in [3.63, 3.8) is 0 Å². The van der Waals surface area contributed by atoms with Crippen LogP contribution >= 0.6 is 0 Å². The van der Waals surface area contributed by atoms with Crippen molar-refractivity contribution in [3.05, 3.63) is 69.8 Å². The van der Waals surface area contributed by atoms with Crippen molar-refractivity contribution >= 4 is 5.69 Å². The lowest BCUT2D eigenvalue weighted by Gasteiger charge is -2.08. The molecule has 4 nitrogen and oxygen atoms in total. The van der Waals surface area contributed by atoms with Crippen molar-refractivity contribution in [1.82, 2.24) is 0 Å². The van der Waals surface area contributed by atoms with Gasteiger partial charge in [0.25, 0.3) is 5.69 Å². The number of benzene rings is 2. The third-order valence-corrected chi connectivity index (χ3v) is 3.46. The highest BCUT2D eigenvalue weighted by atomic mass is 16.6. The van der Waals surface area contributed by atoms with Crippen molar-refractivity contribution in [2.24, 2.45) is 0 Å². The van der Waals surface area contributed by atoms with Crippen LogP contribution in [0.25, 0.3) is 0 Å². The molecular formula is C16H15NO3. The molecule has 1 aliphatic rings. The van der Waals surface area contributed by atoms with E-state index >= 15 is 0 Å². The third kappa shape index (κ3) is 2.79. The summed E-state index contributed by atoms with van der Waals surface area (Å²) in [5, 5.41) is 11.1. The maximum atomic E-state index is 11.1. The molecule has 2 aromatic rings. The molecule has 0 unspecified atom stereocenters. The molecule has 102 valence electrons. The summed E-state index contributed by atoms with van der Waals surface area (Å²) >= 11 is 0. The first-order valence-corrected chi connectivity index (χ1v) is 6.69. The fourth-order valence-corrected chi connectivity index (χ4v) is 2.25. The van der Waals surface area contributed by atoms with E-state index in [1.807, 2.05) is 42.5 Å². The molecule has 0 bridgehead atoms. The maximum absolute atomic E-state index is 11.1. The highest BCUT2D eigenvalue weighted by Crippen LogP contribution is 2.45. The van der Waals surface area contributed by atoms with Gasteiger partial charge >= 0.3 is 0 Å². The van der Waals surface area contributed by atoms with E-state index in [0.29, 0.717) is 18.3 Å². The van der Waals surface area contributed by atoms with E-state index < -0.39 is 0 Å². The molecule has 0 aliphatic heterocycles. The molecule has 0 heterocycles. The predicted octanol–water partition coefficient (Wildman–Crippen LogP) is 4.05. The molecule has 0 spiro atoms. The Hall–Kier alpha value is -2.36. The van der Waals surface area contributed by atoms with Crippen LogP contribution in [-0.4, -0.2) is 4.92 Å². The largest absolute Gasteiger partial charge is 0.489 e. The summed E-state index contributed by atoms with van der Waals surface area (Å²) < 4.78 is 5.63. The van der Waals surface area contributed by atoms with Gasteiger partial charge < -0.3 is 4.74 Å². The highest BCUT2D eigenvalue weighted by molar-refractivity contribution is 5.49. The van der Waals surface area contributed by atoms with Gasteiger partial charge in [-0.05, 0) is 36.5 Å². The van der Waals surface area contributed by atoms with Crippen LogP contribution in [-0.2, 0) is 6.61 Å². The monoisotopic (exact) mass is 269 g/mol. The number of ether oxygens (including phenoxy) is 1. The minimum Gasteiger partial charge on any atom is -0.489 e. The Morgan fingerprint density at radius 2 is 1.90 bits per heavy atom. The van der Waals surface area contributed by atoms with Crippen LogP contribution in [0.15, 0.2) is 48.5 Å². The molecule has 4 heteroatoms. The van der Waals surface area contributed by atoms with Crippen LogP contribution < -0.4 is 4.74 Å². The summed E-state index contributed by atoms with van der Waals surface area (Å²) in [5.74, 6) is 0.906. The minimum absolute atomic E-state index is 0.179. The van der Waals surface area contributed by atoms with Gasteiger partial charge in [-0.15, -0.1) is 0 Å². The van der Waals surface area contributed by atoms with Gasteiger partial charge in [0.1, 0.15) is 12.4 Å². The first-order valence-electron chi connectivity index (χ1n) is 6.69. The van der Waals surface area contributed by atoms with Crippen molar-refractivity contribution in [3.8, 4) is 5.75 Å². The van der Waals surface area contributed by atoms with Gasteiger partial charge in [0.2, 0.25) is 0 Å². The molecule has 0 N–H and O–H groups in total. The Labute approximate surface area is 117 Å². The molecule has 1 aliphatic carbocycles. The van der Waals surface area contributed by atoms with Crippen LogP contribution in [0, 0.1) is 10.1 Å². The van der Waals surface area contributed by atoms with E-state index in [2.05, 4.69) is 0 Å². The second-order valence-corrected chi connectivity index (χ2v) is 5.03. The topological polar surface area (TPSA) is 52.4 Å². The number of nitro groups is 1. The van der Waals surface area contributed by atoms with E-state index in [4.69, 9.17) is 4.74 Å². The average molecular weight is 269 g/mol. The molecule has 0 radical (unpaired) electrons. The summed E-state index contributed by atoms with van der Waals surface area (Å²) in [7, 11) is 0. The molecule has 0 aromatic heterocycles. The van der Waals surface area contributed by atoms with Gasteiger partial charge in [-0.3, -0.25) is 10.1 Å². The SMILES string of the molecule is O=[N+]([O-])c1cc(OCc2ccccc2)ccc1C1CC1. The molecule has 20 heavy (non-hydrogen) atoms. The van der Waals surface area contributed by atoms with E-state index in [1.165, 1.54) is 6.07 Å². The zero-order valence-electron chi connectivity index (χ0n) is 11.0. The smallest absolute Gasteiger partial charge is 0.276 e. The second kappa shape index (κ2) is 5.33. The Balaban J connectivity index is 1.77. The fourth-order valence-electron chi connectivity index (χ4n) is 2.25. The van der Waals surface area contributed by atoms with Gasteiger partial charge in [-0.25, -0.2) is 0 Å². The summed E-state index contributed by atoms with van der Waals surface area (Å²) in [6.45, 7) is 0.417. The summed E-state index contributed by atoms with van der Waals surface area (Å²) in [5.41, 5.74) is 2.06. The molecule has 0 amide bonds. The summed E-state index contributed by atoms with van der Waals surface area (Å²) in [6, 6.07) is 14.9. The van der Waals surface area contributed by atoms with Crippen molar-refractivity contribution in [2.75, 3.05) is 0 Å². The Kier molecular flexibility index (Phi) is 3.37. The summed E-state index contributed by atoms with van der Waals surface area (Å²) in [4.78, 5) is 10.8. The van der Waals surface area contributed by atoms with Crippen LogP contribution in [0.5, 0.6) is 5.75 Å². The zero-order chi connectivity index (χ0) is 13.9. The Morgan fingerprint density at radius 1 is 1.15 bits per heavy atom. The highest BCUT2D eigenvalue weighted by Gasteiger charge is 2.30. The molecule has 1 fully saturated rings. The zero-order valence-corrected chi connectivity index (χ0v) is 11.0. The van der Waals surface area contributed by atoms with E-state index in [0.717, 1.165) is 24.0 Å². The molecule has 2 aromatic carbocycles. The third-order valence-electron chi connectivity index (χ3n) is 3.46. The van der Waals surface area contributed by atoms with E-state index in [9.17, 15) is 10.1 Å². The molecule has 0 saturated heterocycles. The van der Waals surface area contributed by atoms with Gasteiger partial charge in [0.15, 0.2) is 0 Å². The summed E-state index contributed by atoms with van der Waals surface area (Å²) in [6.07, 6.45) is 2.09. The quantitative estimate of drug-likeness (QED) is 0.607. The van der Waals surface area contributed by atoms with Crippen LogP contribution in [0.1, 0.15) is 29.9 Å². The molecule has 1 saturated carbocycles. The molecule has 0 atom stereocenters. The maximum Gasteiger partial charge on any atom is 0.276 e. The normalized spacial score (nSPS) is 14.0. The number of nitro benzene ring substituents is 1. The molecular weight excluding hydrogens is 254 g/mol. The van der Waals surface area contributed by atoms with Crippen LogP contribution in [0.4, 0.5) is 5.69 Å². The fraction of sp³-hybridized carbons (Fsp3) is 0.250. The molecule has 3 rings (SSSR count). The van der Waals surface area contributed by atoms with Crippen LogP contribution in [0.3, 0.4) is 0 Å². The van der Waals surface area contributed by atoms with Crippen molar-refractivity contribution in [1.29, 1.82) is 0 Å². The van der Waals surface area contributed by atoms with Crippen LogP contribution in [0.2, 0.25) is 0 Å². The minimum atomic E-state index is -0.316. The van der Waals surface area contributed by atoms with Gasteiger partial charge in [-0.2, -0.15) is 0 Å². The second-order valence-electron chi connectivity index (χ2n) is 5.03. The van der Waals surface area contributed by atoms with E-state index in [1.54, 1.807) is 0 Å². The average Bonchev–Trinajstić information content (AvgIpc) is 3.30. The number of hydrogen-bond acceptors (Lipinski definition) is 3. The number of hydrogen-bond donors (Lipinski definition) is 0. The lowest BCUT2D eigenvalue weighted by Crippen LogP contribution is -1.98. The Bertz CT molecular complexity index is 621. The van der Waals surface area contributed by atoms with Crippen molar-refractivity contribution in [2.45, 2.75) is 25.4 Å². The number of rotatable bonds is 5. The first-order chi connectivity index (χ1) is 9.74. The standard InChI is InChI=1S/C16H15NO3/c18-17(19)16-10-14(8-9-15(16)13-6-7-13)20-11-12-4-2-1-3-5-12/h1-5,8-10,13H,6-7,11H2. The lowest BCUT2D eigenvalue weighted by molar-refractivity contribution is -0.385. The number of nitrogens with zero attached hydrogens (tertiary/aromatic N) is 1. The Morgan fingerprint density at radius 3 is 2.55 bits per heavy atom. The first kappa shape index (κ1) is 12.7. The van der Waals surface area contributed by atoms with Crippen molar-refractivity contribution < 1.29 is 9.66 Å². The van der Waals surface area contributed by atoms with Gasteiger partial charge in [-0.1, -0.05) is 30.3 Å². The predicted molar refractivity (Wildman–Crippen MR) is 75.8 cm³/mol.